The van der Waals surface area contributed by atoms with Crippen molar-refractivity contribution in [3.05, 3.63) is 6.20 Å². The summed E-state index contributed by atoms with van der Waals surface area (Å²) in [6, 6.07) is 0. The minimum absolute atomic E-state index is 0.000733. The van der Waals surface area contributed by atoms with Crippen molar-refractivity contribution in [2.75, 3.05) is 23.4 Å². The quantitative estimate of drug-likeness (QED) is 0.770. The van der Waals surface area contributed by atoms with E-state index >= 15 is 0 Å². The molecule has 1 aliphatic heterocycles. The van der Waals surface area contributed by atoms with Crippen LogP contribution < -0.4 is 15.1 Å². The second-order valence-corrected chi connectivity index (χ2v) is 5.38. The van der Waals surface area contributed by atoms with Gasteiger partial charge in [0.15, 0.2) is 0 Å². The zero-order valence-electron chi connectivity index (χ0n) is 10.4. The molecule has 16 heavy (non-hydrogen) atoms. The van der Waals surface area contributed by atoms with Gasteiger partial charge in [0, 0.05) is 5.54 Å². The smallest absolute Gasteiger partial charge is 0.299 e. The Morgan fingerprint density at radius 1 is 1.31 bits per heavy atom. The zero-order chi connectivity index (χ0) is 11.6. The third-order valence-electron chi connectivity index (χ3n) is 2.58. The highest BCUT2D eigenvalue weighted by atomic mass is 16.5. The van der Waals surface area contributed by atoms with E-state index in [-0.39, 0.29) is 5.54 Å². The van der Waals surface area contributed by atoms with Gasteiger partial charge in [0.05, 0.1) is 17.9 Å². The summed E-state index contributed by atoms with van der Waals surface area (Å²) in [6.45, 7) is 8.42. The molecule has 2 rings (SSSR count). The largest absolute Gasteiger partial charge is 0.344 e. The van der Waals surface area contributed by atoms with Gasteiger partial charge >= 0.3 is 0 Å². The molecule has 0 atom stereocenters. The highest BCUT2D eigenvalue weighted by molar-refractivity contribution is 5.26. The lowest BCUT2D eigenvalue weighted by atomic mass is 10.1. The van der Waals surface area contributed by atoms with Gasteiger partial charge < -0.3 is 5.32 Å². The number of piperidine rings is 1. The van der Waals surface area contributed by atoms with E-state index in [1.54, 1.807) is 0 Å². The Morgan fingerprint density at radius 2 is 2.00 bits per heavy atom. The topological polar surface area (TPSA) is 45.2 Å². The molecule has 1 aromatic heterocycles. The van der Waals surface area contributed by atoms with Crippen LogP contribution in [0.2, 0.25) is 0 Å². The van der Waals surface area contributed by atoms with Gasteiger partial charge in [-0.15, -0.1) is 0 Å². The maximum absolute atomic E-state index is 5.25. The van der Waals surface area contributed by atoms with Crippen LogP contribution in [0.1, 0.15) is 40.0 Å². The SMILES string of the molecule is CC(C)(C)Nc1c[n+](N2CCCCC2)no1. The number of aromatic nitrogens is 2. The van der Waals surface area contributed by atoms with Crippen LogP contribution in [0.5, 0.6) is 0 Å². The first-order valence-corrected chi connectivity index (χ1v) is 5.97. The number of anilines is 1. The van der Waals surface area contributed by atoms with E-state index in [1.165, 1.54) is 19.3 Å². The van der Waals surface area contributed by atoms with Gasteiger partial charge in [0.25, 0.3) is 12.1 Å². The van der Waals surface area contributed by atoms with Crippen molar-refractivity contribution in [1.29, 1.82) is 0 Å². The van der Waals surface area contributed by atoms with Crippen molar-refractivity contribution in [3.8, 4) is 0 Å². The fourth-order valence-electron chi connectivity index (χ4n) is 1.88. The summed E-state index contributed by atoms with van der Waals surface area (Å²) in [7, 11) is 0. The maximum atomic E-state index is 5.25. The molecule has 5 heteroatoms. The molecular weight excluding hydrogens is 204 g/mol. The summed E-state index contributed by atoms with van der Waals surface area (Å²) < 4.78 is 5.25. The molecule has 1 N–H and O–H groups in total. The second-order valence-electron chi connectivity index (χ2n) is 5.38. The van der Waals surface area contributed by atoms with E-state index in [1.807, 2.05) is 11.0 Å². The third-order valence-corrected chi connectivity index (χ3v) is 2.58. The number of nitrogens with zero attached hydrogens (tertiary/aromatic N) is 3. The lowest BCUT2D eigenvalue weighted by Crippen LogP contribution is -2.60. The Bertz CT molecular complexity index is 336. The first-order chi connectivity index (χ1) is 7.54. The van der Waals surface area contributed by atoms with Gasteiger partial charge in [-0.3, -0.25) is 4.52 Å². The predicted octanol–water partition coefficient (Wildman–Crippen LogP) is 1.29. The fraction of sp³-hybridized carbons (Fsp3) is 0.818. The molecule has 1 saturated heterocycles. The average molecular weight is 225 g/mol. The third kappa shape index (κ3) is 2.87. The van der Waals surface area contributed by atoms with Gasteiger partial charge in [-0.25, -0.2) is 0 Å². The summed E-state index contributed by atoms with van der Waals surface area (Å²) in [5.74, 6) is 0.720. The van der Waals surface area contributed by atoms with Crippen LogP contribution in [0.3, 0.4) is 0 Å². The van der Waals surface area contributed by atoms with Crippen molar-refractivity contribution in [3.63, 3.8) is 0 Å². The highest BCUT2D eigenvalue weighted by Crippen LogP contribution is 2.11. The number of rotatable bonds is 2. The fourth-order valence-corrected chi connectivity index (χ4v) is 1.88. The lowest BCUT2D eigenvalue weighted by molar-refractivity contribution is -0.759. The predicted molar refractivity (Wildman–Crippen MR) is 61.9 cm³/mol. The molecule has 0 aromatic carbocycles. The van der Waals surface area contributed by atoms with Gasteiger partial charge in [0.2, 0.25) is 5.27 Å². The molecule has 0 bridgehead atoms. The molecule has 1 aliphatic rings. The Balaban J connectivity index is 2.01. The number of nitrogens with one attached hydrogen (secondary N) is 1. The molecule has 0 spiro atoms. The molecule has 0 aliphatic carbocycles. The minimum Gasteiger partial charge on any atom is -0.344 e. The molecule has 5 nitrogen and oxygen atoms in total. The van der Waals surface area contributed by atoms with Crippen molar-refractivity contribution in [2.45, 2.75) is 45.6 Å². The standard InChI is InChI=1S/C11H21N4O/c1-11(2,3)12-10-9-15(13-16-10)14-7-5-4-6-8-14/h9,12H,4-8H2,1-3H3/q+1. The van der Waals surface area contributed by atoms with Gasteiger partial charge in [-0.1, -0.05) is 0 Å². The van der Waals surface area contributed by atoms with Crippen molar-refractivity contribution >= 4 is 5.88 Å². The normalized spacial score (nSPS) is 17.6. The van der Waals surface area contributed by atoms with Crippen molar-refractivity contribution in [1.82, 2.24) is 5.27 Å². The van der Waals surface area contributed by atoms with Gasteiger partial charge in [0.1, 0.15) is 0 Å². The summed E-state index contributed by atoms with van der Waals surface area (Å²) in [5, 5.41) is 9.50. The molecule has 0 amide bonds. The average Bonchev–Trinajstić information content (AvgIpc) is 2.65. The van der Waals surface area contributed by atoms with Crippen LogP contribution in [0.25, 0.3) is 0 Å². The van der Waals surface area contributed by atoms with Crippen molar-refractivity contribution < 1.29 is 9.31 Å². The summed E-state index contributed by atoms with van der Waals surface area (Å²) >= 11 is 0. The van der Waals surface area contributed by atoms with E-state index in [9.17, 15) is 0 Å². The first kappa shape index (κ1) is 11.2. The molecule has 0 saturated carbocycles. The lowest BCUT2D eigenvalue weighted by Gasteiger charge is -2.18. The Labute approximate surface area is 96.4 Å². The van der Waals surface area contributed by atoms with E-state index in [4.69, 9.17) is 4.52 Å². The zero-order valence-corrected chi connectivity index (χ0v) is 10.4. The number of hydrogen-bond acceptors (Lipinski definition) is 4. The van der Waals surface area contributed by atoms with E-state index in [0.29, 0.717) is 0 Å². The van der Waals surface area contributed by atoms with Crippen LogP contribution in [0, 0.1) is 0 Å². The van der Waals surface area contributed by atoms with E-state index in [0.717, 1.165) is 19.0 Å². The second kappa shape index (κ2) is 4.31. The van der Waals surface area contributed by atoms with E-state index in [2.05, 4.69) is 36.4 Å². The Morgan fingerprint density at radius 3 is 2.62 bits per heavy atom. The maximum Gasteiger partial charge on any atom is 0.299 e. The van der Waals surface area contributed by atoms with Crippen molar-refractivity contribution in [2.24, 2.45) is 0 Å². The van der Waals surface area contributed by atoms with Gasteiger partial charge in [-0.05, 0) is 40.0 Å². The monoisotopic (exact) mass is 225 g/mol. The summed E-state index contributed by atoms with van der Waals surface area (Å²) in [5.41, 5.74) is -0.000733. The highest BCUT2D eigenvalue weighted by Gasteiger charge is 2.24. The molecule has 90 valence electrons. The van der Waals surface area contributed by atoms with E-state index < -0.39 is 0 Å². The molecule has 1 aromatic rings. The van der Waals surface area contributed by atoms with Crippen LogP contribution in [-0.2, 0) is 0 Å². The molecule has 1 fully saturated rings. The van der Waals surface area contributed by atoms with Crippen LogP contribution in [-0.4, -0.2) is 23.9 Å². The molecule has 2 heterocycles. The number of hydrogen-bond donors (Lipinski definition) is 1. The molecule has 0 radical (unpaired) electrons. The first-order valence-electron chi connectivity index (χ1n) is 5.97. The van der Waals surface area contributed by atoms with Crippen LogP contribution in [0.4, 0.5) is 5.88 Å². The minimum atomic E-state index is -0.000733. The molecule has 0 unspecified atom stereocenters. The Kier molecular flexibility index (Phi) is 3.03. The molecular formula is C11H21N4O+. The van der Waals surface area contributed by atoms with Crippen LogP contribution in [0.15, 0.2) is 10.7 Å². The summed E-state index contributed by atoms with van der Waals surface area (Å²) in [6.07, 6.45) is 5.71. The summed E-state index contributed by atoms with van der Waals surface area (Å²) in [4.78, 5) is 1.81. The van der Waals surface area contributed by atoms with Gasteiger partial charge in [-0.2, -0.15) is 5.01 Å². The Hall–Kier alpha value is -1.26. The van der Waals surface area contributed by atoms with Crippen LogP contribution >= 0.6 is 0 Å².